The number of piperazine rings is 1. The summed E-state index contributed by atoms with van der Waals surface area (Å²) in [6.45, 7) is 2.13. The molecule has 2 aliphatic heterocycles. The molecule has 0 aliphatic carbocycles. The number of ether oxygens (including phenoxy) is 1. The largest absolute Gasteiger partial charge is 0.444 e. The second-order valence-electron chi connectivity index (χ2n) is 7.94. The van der Waals surface area contributed by atoms with Crippen molar-refractivity contribution in [2.75, 3.05) is 49.1 Å². The second-order valence-corrected chi connectivity index (χ2v) is 7.94. The Morgan fingerprint density at radius 1 is 1.21 bits per heavy atom. The predicted octanol–water partition coefficient (Wildman–Crippen LogP) is -0.121. The molecule has 0 atom stereocenters. The lowest BCUT2D eigenvalue weighted by Gasteiger charge is -2.37. The van der Waals surface area contributed by atoms with Gasteiger partial charge in [-0.15, -0.1) is 0 Å². The summed E-state index contributed by atoms with van der Waals surface area (Å²) >= 11 is 0. The predicted molar refractivity (Wildman–Crippen MR) is 120 cm³/mol. The first-order chi connectivity index (χ1) is 16.3. The number of aliphatic hydroxyl groups excluding tert-OH is 1. The molecule has 2 saturated heterocycles. The van der Waals surface area contributed by atoms with Crippen molar-refractivity contribution < 1.29 is 23.8 Å². The number of nitrogens with zero attached hydrogens (tertiary/aromatic N) is 5. The zero-order valence-corrected chi connectivity index (χ0v) is 18.3. The van der Waals surface area contributed by atoms with Gasteiger partial charge in [-0.3, -0.25) is 15.5 Å². The molecule has 2 amide bonds. The number of carbonyl (C=O) groups is 2. The number of carbonyl (C=O) groups excluding carboxylic acids is 2. The summed E-state index contributed by atoms with van der Waals surface area (Å²) in [5, 5.41) is 18.4. The number of β-amino-alcohol motifs (C(OH)–C–C–N with tert-alkyl or cyclic N) is 1. The van der Waals surface area contributed by atoms with Crippen molar-refractivity contribution in [2.45, 2.75) is 12.7 Å². The Kier molecular flexibility index (Phi) is 6.72. The van der Waals surface area contributed by atoms with Crippen LogP contribution >= 0.6 is 0 Å². The van der Waals surface area contributed by atoms with Crippen molar-refractivity contribution in [3.8, 4) is 0 Å². The van der Waals surface area contributed by atoms with E-state index in [4.69, 9.17) is 15.9 Å². The summed E-state index contributed by atoms with van der Waals surface area (Å²) in [4.78, 5) is 38.2. The van der Waals surface area contributed by atoms with Gasteiger partial charge in [0.15, 0.2) is 11.8 Å². The van der Waals surface area contributed by atoms with E-state index in [1.807, 2.05) is 10.2 Å². The summed E-state index contributed by atoms with van der Waals surface area (Å²) in [5.41, 5.74) is 5.86. The number of anilines is 2. The Morgan fingerprint density at radius 2 is 1.94 bits per heavy atom. The molecule has 4 rings (SSSR count). The molecule has 1 aromatic heterocycles. The highest BCUT2D eigenvalue weighted by atomic mass is 19.1. The molecule has 3 heterocycles. The number of nitrogens with one attached hydrogen (secondary N) is 2. The molecule has 0 unspecified atom stereocenters. The maximum Gasteiger partial charge on any atom is 0.414 e. The van der Waals surface area contributed by atoms with Gasteiger partial charge in [-0.1, -0.05) is 12.1 Å². The average molecular weight is 472 g/mol. The van der Waals surface area contributed by atoms with Crippen LogP contribution in [0, 0.1) is 11.2 Å². The number of aromatic nitrogens is 2. The molecule has 34 heavy (non-hydrogen) atoms. The third-order valence-electron chi connectivity index (χ3n) is 5.57. The van der Waals surface area contributed by atoms with E-state index < -0.39 is 24.0 Å². The van der Waals surface area contributed by atoms with E-state index in [-0.39, 0.29) is 23.8 Å². The lowest BCUT2D eigenvalue weighted by atomic mass is 10.1. The molecule has 2 aliphatic rings. The van der Waals surface area contributed by atoms with Crippen LogP contribution in [-0.2, 0) is 11.3 Å². The third kappa shape index (κ3) is 5.14. The molecule has 2 fully saturated rings. The van der Waals surface area contributed by atoms with Crippen LogP contribution in [0.1, 0.15) is 16.1 Å². The summed E-state index contributed by atoms with van der Waals surface area (Å²) in [7, 11) is 0. The maximum atomic E-state index is 15.0. The lowest BCUT2D eigenvalue weighted by molar-refractivity contribution is 0.0740. The monoisotopic (exact) mass is 472 g/mol. The van der Waals surface area contributed by atoms with E-state index in [1.165, 1.54) is 12.3 Å². The Hall–Kier alpha value is -4.00. The molecular weight excluding hydrogens is 447 g/mol. The minimum absolute atomic E-state index is 0.180. The smallest absolute Gasteiger partial charge is 0.414 e. The van der Waals surface area contributed by atoms with Gasteiger partial charge in [-0.05, 0) is 12.1 Å². The SMILES string of the molecule is N=C(N)NC(=O)OCc1cccc(N2CCN(C(=O)c3ccnc(N4CC(O)C4)n3)CC2)c1F. The van der Waals surface area contributed by atoms with Crippen LogP contribution in [0.25, 0.3) is 0 Å². The lowest BCUT2D eigenvalue weighted by Crippen LogP contribution is -2.52. The summed E-state index contributed by atoms with van der Waals surface area (Å²) < 4.78 is 19.9. The van der Waals surface area contributed by atoms with Crippen molar-refractivity contribution in [3.05, 3.63) is 47.5 Å². The van der Waals surface area contributed by atoms with E-state index in [2.05, 4.69) is 9.97 Å². The van der Waals surface area contributed by atoms with Crippen molar-refractivity contribution >= 4 is 29.6 Å². The second kappa shape index (κ2) is 9.87. The van der Waals surface area contributed by atoms with Crippen molar-refractivity contribution in [2.24, 2.45) is 5.73 Å². The molecule has 12 nitrogen and oxygen atoms in total. The van der Waals surface area contributed by atoms with Crippen LogP contribution in [0.4, 0.5) is 20.8 Å². The van der Waals surface area contributed by atoms with Gasteiger partial charge < -0.3 is 30.3 Å². The minimum atomic E-state index is -0.942. The standard InChI is InChI=1S/C21H25FN8O4/c22-17-13(12-34-21(33)27-19(23)24)2-1-3-16(17)28-6-8-29(9-7-28)18(32)15-4-5-25-20(26-15)30-10-14(31)11-30/h1-5,14,31H,6-12H2,(H4,23,24,27,33). The first-order valence-electron chi connectivity index (χ1n) is 10.7. The van der Waals surface area contributed by atoms with Gasteiger partial charge in [0.05, 0.1) is 11.8 Å². The number of amides is 2. The zero-order chi connectivity index (χ0) is 24.2. The number of hydrogen-bond acceptors (Lipinski definition) is 9. The molecule has 0 saturated carbocycles. The van der Waals surface area contributed by atoms with Gasteiger partial charge in [-0.2, -0.15) is 0 Å². The fourth-order valence-corrected chi connectivity index (χ4v) is 3.76. The quantitative estimate of drug-likeness (QED) is 0.343. The van der Waals surface area contributed by atoms with Gasteiger partial charge >= 0.3 is 6.09 Å². The molecule has 0 bridgehead atoms. The molecule has 0 spiro atoms. The first kappa shape index (κ1) is 23.2. The number of nitrogens with two attached hydrogens (primary N) is 1. The van der Waals surface area contributed by atoms with Crippen LogP contribution in [0.3, 0.4) is 0 Å². The molecule has 13 heteroatoms. The first-order valence-corrected chi connectivity index (χ1v) is 10.7. The maximum absolute atomic E-state index is 15.0. The normalized spacial score (nSPS) is 16.1. The summed E-state index contributed by atoms with van der Waals surface area (Å²) in [6, 6.07) is 6.35. The van der Waals surface area contributed by atoms with Gasteiger partial charge in [0, 0.05) is 51.0 Å². The molecule has 5 N–H and O–H groups in total. The Balaban J connectivity index is 1.35. The molecule has 1 aromatic carbocycles. The minimum Gasteiger partial charge on any atom is -0.444 e. The van der Waals surface area contributed by atoms with E-state index in [1.54, 1.807) is 28.0 Å². The number of aliphatic hydroxyl groups is 1. The van der Waals surface area contributed by atoms with E-state index in [0.29, 0.717) is 50.9 Å². The Morgan fingerprint density at radius 3 is 2.62 bits per heavy atom. The summed E-state index contributed by atoms with van der Waals surface area (Å²) in [5.74, 6) is -0.907. The van der Waals surface area contributed by atoms with Crippen LogP contribution < -0.4 is 20.9 Å². The number of halogens is 1. The van der Waals surface area contributed by atoms with Gasteiger partial charge in [0.1, 0.15) is 12.3 Å². The highest BCUT2D eigenvalue weighted by molar-refractivity contribution is 5.92. The van der Waals surface area contributed by atoms with E-state index in [9.17, 15) is 14.7 Å². The third-order valence-corrected chi connectivity index (χ3v) is 5.57. The molecule has 180 valence electrons. The van der Waals surface area contributed by atoms with Crippen LogP contribution in [0.2, 0.25) is 0 Å². The van der Waals surface area contributed by atoms with Crippen molar-refractivity contribution in [3.63, 3.8) is 0 Å². The fourth-order valence-electron chi connectivity index (χ4n) is 3.76. The van der Waals surface area contributed by atoms with Gasteiger partial charge in [0.2, 0.25) is 5.95 Å². The number of hydrogen-bond donors (Lipinski definition) is 4. The van der Waals surface area contributed by atoms with Crippen LogP contribution in [0.15, 0.2) is 30.5 Å². The van der Waals surface area contributed by atoms with E-state index >= 15 is 4.39 Å². The molecular formula is C21H25FN8O4. The van der Waals surface area contributed by atoms with Gasteiger partial charge in [0.25, 0.3) is 5.91 Å². The molecule has 0 radical (unpaired) electrons. The summed E-state index contributed by atoms with van der Waals surface area (Å²) in [6.07, 6.45) is 0.178. The number of alkyl carbamates (subject to hydrolysis) is 1. The fraction of sp³-hybridized carbons (Fsp3) is 0.381. The van der Waals surface area contributed by atoms with Crippen LogP contribution in [-0.4, -0.2) is 83.3 Å². The molecule has 2 aromatic rings. The van der Waals surface area contributed by atoms with Crippen molar-refractivity contribution in [1.82, 2.24) is 20.2 Å². The number of benzene rings is 1. The highest BCUT2D eigenvalue weighted by Gasteiger charge is 2.29. The van der Waals surface area contributed by atoms with Crippen LogP contribution in [0.5, 0.6) is 0 Å². The zero-order valence-electron chi connectivity index (χ0n) is 18.3. The highest BCUT2D eigenvalue weighted by Crippen LogP contribution is 2.25. The van der Waals surface area contributed by atoms with E-state index in [0.717, 1.165) is 0 Å². The Labute approximate surface area is 194 Å². The topological polar surface area (TPSA) is 161 Å². The average Bonchev–Trinajstić information content (AvgIpc) is 2.81. The van der Waals surface area contributed by atoms with Gasteiger partial charge in [-0.25, -0.2) is 19.2 Å². The number of guanidine groups is 1. The van der Waals surface area contributed by atoms with Crippen molar-refractivity contribution in [1.29, 1.82) is 5.41 Å². The Bertz CT molecular complexity index is 1090. The number of rotatable bonds is 5.